The third-order valence-electron chi connectivity index (χ3n) is 10.4. The summed E-state index contributed by atoms with van der Waals surface area (Å²) in [4.78, 5) is 15.1. The molecule has 10 nitrogen and oxygen atoms in total. The van der Waals surface area contributed by atoms with E-state index in [0.29, 0.717) is 45.0 Å². The molecule has 278 valence electrons. The molecule has 3 aliphatic rings. The van der Waals surface area contributed by atoms with Gasteiger partial charge >= 0.3 is 0 Å². The van der Waals surface area contributed by atoms with Crippen molar-refractivity contribution in [2.24, 2.45) is 0 Å². The number of anilines is 1. The van der Waals surface area contributed by atoms with Crippen LogP contribution < -0.4 is 4.90 Å². The SMILES string of the molecule is CC1(C)C(/C=C2\C(=O)C(/C=C3\N(Cc4ccc(F)cc4)c4ccc(S(=O)(=O)O)cc4C3(C)C)=C2O)=[N+](Cc2ccc(F)cc2)c2ccc(S(=O)(=O)[O-])cc21. The van der Waals surface area contributed by atoms with Gasteiger partial charge in [0.15, 0.2) is 12.3 Å². The molecular weight excluding hydrogens is 739 g/mol. The molecule has 0 aromatic heterocycles. The molecule has 0 atom stereocenters. The van der Waals surface area contributed by atoms with Gasteiger partial charge in [0.2, 0.25) is 11.5 Å². The number of hydrogen-bond donors (Lipinski definition) is 2. The van der Waals surface area contributed by atoms with E-state index in [9.17, 15) is 44.6 Å². The van der Waals surface area contributed by atoms with Crippen molar-refractivity contribution in [3.8, 4) is 0 Å². The van der Waals surface area contributed by atoms with E-state index in [0.717, 1.165) is 0 Å². The van der Waals surface area contributed by atoms with Gasteiger partial charge in [-0.15, -0.1) is 0 Å². The Labute approximate surface area is 311 Å². The van der Waals surface area contributed by atoms with Crippen LogP contribution in [0.25, 0.3) is 0 Å². The number of rotatable bonds is 8. The van der Waals surface area contributed by atoms with E-state index in [1.807, 2.05) is 23.3 Å². The van der Waals surface area contributed by atoms with Gasteiger partial charge in [-0.25, -0.2) is 17.2 Å². The quantitative estimate of drug-likeness (QED) is 0.111. The van der Waals surface area contributed by atoms with Gasteiger partial charge in [-0.3, -0.25) is 9.35 Å². The lowest BCUT2D eigenvalue weighted by molar-refractivity contribution is -0.455. The van der Waals surface area contributed by atoms with Crippen LogP contribution >= 0.6 is 0 Å². The maximum absolute atomic E-state index is 14.0. The van der Waals surface area contributed by atoms with Crippen LogP contribution in [0.4, 0.5) is 20.2 Å². The van der Waals surface area contributed by atoms with Crippen molar-refractivity contribution < 1.29 is 49.2 Å². The Bertz CT molecular complexity index is 2640. The number of carbonyl (C=O) groups is 1. The lowest BCUT2D eigenvalue weighted by atomic mass is 9.77. The number of ketones is 1. The minimum absolute atomic E-state index is 0.0185. The summed E-state index contributed by atoms with van der Waals surface area (Å²) >= 11 is 0. The van der Waals surface area contributed by atoms with Crippen molar-refractivity contribution in [1.82, 2.24) is 0 Å². The van der Waals surface area contributed by atoms with Crippen LogP contribution in [-0.4, -0.2) is 47.1 Å². The first-order valence-corrected chi connectivity index (χ1v) is 19.6. The third kappa shape index (κ3) is 6.28. The second-order valence-corrected chi connectivity index (χ2v) is 17.3. The molecule has 2 N–H and O–H groups in total. The highest BCUT2D eigenvalue weighted by Crippen LogP contribution is 2.50. The van der Waals surface area contributed by atoms with E-state index in [1.54, 1.807) is 44.2 Å². The molecule has 0 saturated carbocycles. The summed E-state index contributed by atoms with van der Waals surface area (Å²) in [5.41, 5.74) is 2.66. The second-order valence-electron chi connectivity index (χ2n) is 14.5. The fourth-order valence-electron chi connectivity index (χ4n) is 7.41. The normalized spacial score (nSPS) is 19.1. The van der Waals surface area contributed by atoms with Gasteiger partial charge in [0.25, 0.3) is 10.1 Å². The largest absolute Gasteiger partial charge is 0.744 e. The first-order chi connectivity index (χ1) is 25.2. The fraction of sp³-hybridized carbons (Fsp3) is 0.200. The molecule has 2 aliphatic heterocycles. The average molecular weight is 773 g/mol. The highest BCUT2D eigenvalue weighted by Gasteiger charge is 2.48. The van der Waals surface area contributed by atoms with Gasteiger partial charge in [0.1, 0.15) is 27.5 Å². The zero-order chi connectivity index (χ0) is 39.1. The van der Waals surface area contributed by atoms with E-state index >= 15 is 0 Å². The number of hydrogen-bond acceptors (Lipinski definition) is 8. The number of nitrogens with zero attached hydrogens (tertiary/aromatic N) is 2. The van der Waals surface area contributed by atoms with Crippen LogP contribution in [0, 0.1) is 11.6 Å². The highest BCUT2D eigenvalue weighted by molar-refractivity contribution is 7.86. The van der Waals surface area contributed by atoms with E-state index in [4.69, 9.17) is 0 Å². The van der Waals surface area contributed by atoms with Crippen LogP contribution in [0.1, 0.15) is 49.9 Å². The summed E-state index contributed by atoms with van der Waals surface area (Å²) < 4.78 is 99.3. The van der Waals surface area contributed by atoms with Gasteiger partial charge in [0, 0.05) is 46.6 Å². The van der Waals surface area contributed by atoms with Crippen LogP contribution in [0.5, 0.6) is 0 Å². The molecule has 4 aromatic rings. The molecule has 0 bridgehead atoms. The maximum Gasteiger partial charge on any atom is 0.294 e. The average Bonchev–Trinajstić information content (AvgIpc) is 3.44. The fourth-order valence-corrected chi connectivity index (χ4v) is 8.42. The number of allylic oxidation sites excluding steroid dienone is 5. The van der Waals surface area contributed by atoms with Crippen molar-refractivity contribution in [3.05, 3.63) is 154 Å². The van der Waals surface area contributed by atoms with Crippen molar-refractivity contribution in [2.45, 2.75) is 61.4 Å². The minimum Gasteiger partial charge on any atom is -0.744 e. The van der Waals surface area contributed by atoms with Crippen molar-refractivity contribution in [3.63, 3.8) is 0 Å². The molecular formula is C40H34F2N2O8S2. The van der Waals surface area contributed by atoms with Crippen LogP contribution in [-0.2, 0) is 49.0 Å². The molecule has 4 aromatic carbocycles. The van der Waals surface area contributed by atoms with Crippen molar-refractivity contribution in [1.29, 1.82) is 0 Å². The summed E-state index contributed by atoms with van der Waals surface area (Å²) in [6, 6.07) is 19.8. The van der Waals surface area contributed by atoms with E-state index < -0.39 is 53.4 Å². The molecule has 0 radical (unpaired) electrons. The van der Waals surface area contributed by atoms with Crippen molar-refractivity contribution >= 4 is 43.1 Å². The van der Waals surface area contributed by atoms with Crippen LogP contribution in [0.3, 0.4) is 0 Å². The summed E-state index contributed by atoms with van der Waals surface area (Å²) in [7, 11) is -9.35. The number of aliphatic hydroxyl groups is 1. The van der Waals surface area contributed by atoms with Crippen LogP contribution in [0.15, 0.2) is 129 Å². The maximum atomic E-state index is 14.0. The third-order valence-corrected chi connectivity index (χ3v) is 12.1. The molecule has 0 amide bonds. The predicted molar refractivity (Wildman–Crippen MR) is 195 cm³/mol. The highest BCUT2D eigenvalue weighted by atomic mass is 32.2. The molecule has 0 unspecified atom stereocenters. The van der Waals surface area contributed by atoms with Gasteiger partial charge in [-0.2, -0.15) is 13.0 Å². The van der Waals surface area contributed by atoms with Gasteiger partial charge in [0.05, 0.1) is 26.4 Å². The Balaban J connectivity index is 1.35. The molecule has 0 saturated heterocycles. The first-order valence-electron chi connectivity index (χ1n) is 16.7. The summed E-state index contributed by atoms with van der Waals surface area (Å²) in [6.07, 6.45) is 3.06. The van der Waals surface area contributed by atoms with Gasteiger partial charge in [-0.1, -0.05) is 26.0 Å². The predicted octanol–water partition coefficient (Wildman–Crippen LogP) is 6.90. The number of Topliss-reactive ketones (excluding diaryl/α,β-unsaturated/α-hetero) is 1. The number of carbonyl (C=O) groups excluding carboxylic acids is 1. The number of halogens is 2. The first kappa shape index (κ1) is 37.1. The monoisotopic (exact) mass is 772 g/mol. The Kier molecular flexibility index (Phi) is 8.68. The van der Waals surface area contributed by atoms with Gasteiger partial charge in [-0.05, 0) is 97.8 Å². The molecule has 0 fully saturated rings. The zero-order valence-electron chi connectivity index (χ0n) is 29.5. The lowest BCUT2D eigenvalue weighted by Crippen LogP contribution is -2.32. The van der Waals surface area contributed by atoms with Crippen molar-refractivity contribution in [2.75, 3.05) is 4.90 Å². The number of fused-ring (bicyclic) bond motifs is 2. The van der Waals surface area contributed by atoms with Crippen LogP contribution in [0.2, 0.25) is 0 Å². The summed E-state index contributed by atoms with van der Waals surface area (Å²) in [6.45, 7) is 7.59. The minimum atomic E-state index is -4.80. The van der Waals surface area contributed by atoms with E-state index in [1.165, 1.54) is 66.7 Å². The van der Waals surface area contributed by atoms with E-state index in [-0.39, 0.29) is 34.9 Å². The number of aliphatic hydroxyl groups excluding tert-OH is 1. The lowest BCUT2D eigenvalue weighted by Gasteiger charge is -2.29. The Morgan fingerprint density at radius 2 is 1.35 bits per heavy atom. The summed E-state index contributed by atoms with van der Waals surface area (Å²) in [5, 5.41) is 11.5. The second kappa shape index (κ2) is 12.7. The molecule has 54 heavy (non-hydrogen) atoms. The Morgan fingerprint density at radius 1 is 0.778 bits per heavy atom. The smallest absolute Gasteiger partial charge is 0.294 e. The molecule has 7 rings (SSSR count). The molecule has 2 heterocycles. The molecule has 0 spiro atoms. The van der Waals surface area contributed by atoms with Gasteiger partial charge < -0.3 is 14.6 Å². The zero-order valence-corrected chi connectivity index (χ0v) is 31.1. The summed E-state index contributed by atoms with van der Waals surface area (Å²) in [5.74, 6) is -1.68. The Morgan fingerprint density at radius 3 is 1.93 bits per heavy atom. The van der Waals surface area contributed by atoms with E-state index in [2.05, 4.69) is 0 Å². The Hall–Kier alpha value is -5.28. The molecule has 1 aliphatic carbocycles. The molecule has 14 heteroatoms. The topological polar surface area (TPSA) is 155 Å². The number of benzene rings is 4. The standard InChI is InChI=1S/C40H34F2N2O8S2/c1-39(2)31-17-27(53(47,48)49)13-15-33(31)43(21-23-5-9-25(41)10-6-23)35(39)19-29-37(45)30(38(29)46)20-36-40(3,4)32-18-28(54(50,51)52)14-16-34(32)44(36)22-24-7-11-26(42)12-8-24/h5-20H,21-22H2,1-4H3,(H2-,45,46,47,48,49,50,51,52).